The van der Waals surface area contributed by atoms with Crippen molar-refractivity contribution >= 4 is 17.3 Å². The Kier molecular flexibility index (Phi) is 4.93. The lowest BCUT2D eigenvalue weighted by molar-refractivity contribution is -0.117. The fourth-order valence-electron chi connectivity index (χ4n) is 3.68. The molecule has 1 heterocycles. The van der Waals surface area contributed by atoms with Gasteiger partial charge in [-0.15, -0.1) is 0 Å². The molecule has 1 amide bonds. The summed E-state index contributed by atoms with van der Waals surface area (Å²) in [6, 6.07) is 19.0. The van der Waals surface area contributed by atoms with Crippen molar-refractivity contribution in [3.05, 3.63) is 60.2 Å². The first-order chi connectivity index (χ1) is 12.7. The first kappa shape index (κ1) is 17.1. The van der Waals surface area contributed by atoms with Gasteiger partial charge in [0.25, 0.3) is 0 Å². The van der Waals surface area contributed by atoms with E-state index < -0.39 is 0 Å². The number of carbonyl (C=O) groups excluding carboxylic acids is 1. The zero-order valence-electron chi connectivity index (χ0n) is 15.4. The summed E-state index contributed by atoms with van der Waals surface area (Å²) in [6.07, 6.45) is 1.02. The highest BCUT2D eigenvalue weighted by atomic mass is 16.2. The van der Waals surface area contributed by atoms with Gasteiger partial charge >= 0.3 is 0 Å². The monoisotopic (exact) mass is 349 g/mol. The van der Waals surface area contributed by atoms with Gasteiger partial charge in [-0.25, -0.2) is 0 Å². The van der Waals surface area contributed by atoms with Gasteiger partial charge in [0, 0.05) is 50.0 Å². The number of hydrogen-bond acceptors (Lipinski definition) is 3. The zero-order valence-corrected chi connectivity index (χ0v) is 15.4. The molecule has 2 atom stereocenters. The van der Waals surface area contributed by atoms with Crippen LogP contribution < -0.4 is 10.2 Å². The highest BCUT2D eigenvalue weighted by molar-refractivity contribution is 5.94. The number of piperazine rings is 1. The molecule has 0 radical (unpaired) electrons. The van der Waals surface area contributed by atoms with Crippen molar-refractivity contribution < 1.29 is 4.79 Å². The van der Waals surface area contributed by atoms with Gasteiger partial charge in [0.1, 0.15) is 0 Å². The van der Waals surface area contributed by atoms with Crippen molar-refractivity contribution in [2.24, 2.45) is 11.8 Å². The zero-order chi connectivity index (χ0) is 17.9. The van der Waals surface area contributed by atoms with Crippen LogP contribution in [-0.2, 0) is 11.3 Å². The van der Waals surface area contributed by atoms with Crippen molar-refractivity contribution in [2.45, 2.75) is 19.9 Å². The van der Waals surface area contributed by atoms with Crippen LogP contribution in [0.2, 0.25) is 0 Å². The van der Waals surface area contributed by atoms with E-state index in [9.17, 15) is 4.79 Å². The number of hydrogen-bond donors (Lipinski definition) is 1. The van der Waals surface area contributed by atoms with E-state index in [4.69, 9.17) is 0 Å². The summed E-state index contributed by atoms with van der Waals surface area (Å²) in [6.45, 7) is 7.39. The van der Waals surface area contributed by atoms with Crippen molar-refractivity contribution in [3.63, 3.8) is 0 Å². The lowest BCUT2D eigenvalue weighted by Gasteiger charge is -2.36. The second-order valence-electron chi connectivity index (χ2n) is 7.60. The Hall–Kier alpha value is -2.33. The molecule has 2 aromatic rings. The van der Waals surface area contributed by atoms with Gasteiger partial charge in [0.15, 0.2) is 0 Å². The highest BCUT2D eigenvalue weighted by Crippen LogP contribution is 2.38. The van der Waals surface area contributed by atoms with Crippen LogP contribution in [0.5, 0.6) is 0 Å². The van der Waals surface area contributed by atoms with Crippen LogP contribution >= 0.6 is 0 Å². The molecule has 2 aromatic carbocycles. The van der Waals surface area contributed by atoms with Crippen LogP contribution in [0.3, 0.4) is 0 Å². The molecule has 1 N–H and O–H groups in total. The Balaban J connectivity index is 1.28. The Morgan fingerprint density at radius 1 is 1.00 bits per heavy atom. The molecule has 0 spiro atoms. The Bertz CT molecular complexity index is 736. The lowest BCUT2D eigenvalue weighted by atomic mass is 10.2. The summed E-state index contributed by atoms with van der Waals surface area (Å²) in [5.74, 6) is 0.925. The van der Waals surface area contributed by atoms with E-state index in [0.29, 0.717) is 5.92 Å². The van der Waals surface area contributed by atoms with Crippen LogP contribution in [-0.4, -0.2) is 37.0 Å². The summed E-state index contributed by atoms with van der Waals surface area (Å²) in [5.41, 5.74) is 3.52. The van der Waals surface area contributed by atoms with E-state index in [1.54, 1.807) is 0 Å². The predicted molar refractivity (Wildman–Crippen MR) is 106 cm³/mol. The number of benzene rings is 2. The largest absolute Gasteiger partial charge is 0.369 e. The lowest BCUT2D eigenvalue weighted by Crippen LogP contribution is -2.45. The Morgan fingerprint density at radius 2 is 1.65 bits per heavy atom. The van der Waals surface area contributed by atoms with Crippen LogP contribution in [0.25, 0.3) is 0 Å². The molecule has 1 saturated carbocycles. The normalized spacial score (nSPS) is 22.9. The minimum absolute atomic E-state index is 0.166. The maximum absolute atomic E-state index is 12.0. The third kappa shape index (κ3) is 4.07. The molecule has 136 valence electrons. The first-order valence-corrected chi connectivity index (χ1v) is 9.61. The van der Waals surface area contributed by atoms with E-state index in [-0.39, 0.29) is 11.8 Å². The fourth-order valence-corrected chi connectivity index (χ4v) is 3.68. The average molecular weight is 349 g/mol. The third-order valence-electron chi connectivity index (χ3n) is 5.57. The molecular weight excluding hydrogens is 322 g/mol. The second-order valence-corrected chi connectivity index (χ2v) is 7.60. The fraction of sp³-hybridized carbons (Fsp3) is 0.409. The summed E-state index contributed by atoms with van der Waals surface area (Å²) >= 11 is 0. The summed E-state index contributed by atoms with van der Waals surface area (Å²) in [4.78, 5) is 17.0. The number of rotatable bonds is 5. The van der Waals surface area contributed by atoms with E-state index >= 15 is 0 Å². The average Bonchev–Trinajstić information content (AvgIpc) is 3.41. The topological polar surface area (TPSA) is 35.6 Å². The van der Waals surface area contributed by atoms with E-state index in [1.165, 1.54) is 11.3 Å². The number of amides is 1. The van der Waals surface area contributed by atoms with Crippen molar-refractivity contribution in [1.29, 1.82) is 0 Å². The van der Waals surface area contributed by atoms with Crippen molar-refractivity contribution in [3.8, 4) is 0 Å². The molecule has 2 unspecified atom stereocenters. The number of nitrogens with zero attached hydrogens (tertiary/aromatic N) is 2. The predicted octanol–water partition coefficient (Wildman–Crippen LogP) is 3.60. The molecular formula is C22H27N3O. The Morgan fingerprint density at radius 3 is 2.27 bits per heavy atom. The van der Waals surface area contributed by atoms with Crippen molar-refractivity contribution in [1.82, 2.24) is 4.90 Å². The van der Waals surface area contributed by atoms with Gasteiger partial charge in [-0.3, -0.25) is 9.69 Å². The van der Waals surface area contributed by atoms with Crippen LogP contribution in [0.1, 0.15) is 18.9 Å². The molecule has 26 heavy (non-hydrogen) atoms. The van der Waals surface area contributed by atoms with Crippen LogP contribution in [0.4, 0.5) is 11.4 Å². The van der Waals surface area contributed by atoms with Gasteiger partial charge in [0.05, 0.1) is 0 Å². The smallest absolute Gasteiger partial charge is 0.227 e. The molecule has 1 aliphatic heterocycles. The number of anilines is 2. The third-order valence-corrected chi connectivity index (χ3v) is 5.57. The molecule has 2 fully saturated rings. The van der Waals surface area contributed by atoms with Gasteiger partial charge in [-0.2, -0.15) is 0 Å². The van der Waals surface area contributed by atoms with Gasteiger partial charge in [0.2, 0.25) is 5.91 Å². The molecule has 4 rings (SSSR count). The van der Waals surface area contributed by atoms with E-state index in [1.807, 2.05) is 12.1 Å². The van der Waals surface area contributed by atoms with Crippen LogP contribution in [0.15, 0.2) is 54.6 Å². The molecule has 1 aliphatic carbocycles. The number of nitrogens with one attached hydrogen (secondary N) is 1. The SMILES string of the molecule is CC1CC1C(=O)Nc1ccc(N2CCN(Cc3ccccc3)CC2)cc1. The molecule has 1 saturated heterocycles. The standard InChI is InChI=1S/C22H27N3O/c1-17-15-21(17)22(26)23-19-7-9-20(10-8-19)25-13-11-24(12-14-25)16-18-5-3-2-4-6-18/h2-10,17,21H,11-16H2,1H3,(H,23,26). The van der Waals surface area contributed by atoms with Gasteiger partial charge < -0.3 is 10.2 Å². The molecule has 0 aromatic heterocycles. The summed E-state index contributed by atoms with van der Waals surface area (Å²) in [7, 11) is 0. The van der Waals surface area contributed by atoms with Gasteiger partial charge in [-0.1, -0.05) is 37.3 Å². The second kappa shape index (κ2) is 7.50. The molecule has 4 heteroatoms. The van der Waals surface area contributed by atoms with Gasteiger partial charge in [-0.05, 0) is 42.2 Å². The molecule has 2 aliphatic rings. The highest BCUT2D eigenvalue weighted by Gasteiger charge is 2.39. The summed E-state index contributed by atoms with van der Waals surface area (Å²) in [5, 5.41) is 3.03. The van der Waals surface area contributed by atoms with E-state index in [2.05, 4.69) is 64.5 Å². The quantitative estimate of drug-likeness (QED) is 0.896. The first-order valence-electron chi connectivity index (χ1n) is 9.61. The number of carbonyl (C=O) groups is 1. The maximum Gasteiger partial charge on any atom is 0.227 e. The molecule has 4 nitrogen and oxygen atoms in total. The maximum atomic E-state index is 12.0. The minimum atomic E-state index is 0.166. The van der Waals surface area contributed by atoms with E-state index in [0.717, 1.165) is 44.8 Å². The minimum Gasteiger partial charge on any atom is -0.369 e. The van der Waals surface area contributed by atoms with Crippen LogP contribution in [0, 0.1) is 11.8 Å². The van der Waals surface area contributed by atoms with Crippen molar-refractivity contribution in [2.75, 3.05) is 36.4 Å². The summed E-state index contributed by atoms with van der Waals surface area (Å²) < 4.78 is 0. The molecule has 0 bridgehead atoms. The Labute approximate surface area is 155 Å².